The number of hydrogen-bond acceptors (Lipinski definition) is 4. The van der Waals surface area contributed by atoms with E-state index in [1.165, 1.54) is 4.31 Å². The molecular formula is C15H21N3O4S. The number of benzene rings is 1. The number of piperidine rings is 1. The molecule has 126 valence electrons. The normalized spacial score (nSPS) is 23.5. The summed E-state index contributed by atoms with van der Waals surface area (Å²) < 4.78 is 29.2. The number of methoxy groups -OCH3 is 1. The summed E-state index contributed by atoms with van der Waals surface area (Å²) in [5, 5.41) is 8.07. The van der Waals surface area contributed by atoms with Crippen molar-refractivity contribution in [3.63, 3.8) is 0 Å². The van der Waals surface area contributed by atoms with Crippen LogP contribution in [0.5, 0.6) is 5.75 Å². The quantitative estimate of drug-likeness (QED) is 0.852. The number of nitrogens with one attached hydrogen (secondary N) is 1. The molecule has 3 rings (SSSR count). The molecule has 1 saturated carbocycles. The van der Waals surface area contributed by atoms with Crippen LogP contribution >= 0.6 is 0 Å². The summed E-state index contributed by atoms with van der Waals surface area (Å²) in [4.78, 5) is 12.5. The topological polar surface area (TPSA) is 102 Å². The first-order valence-corrected chi connectivity index (χ1v) is 9.08. The summed E-state index contributed by atoms with van der Waals surface area (Å²) in [5.74, 6) is 0.521. The molecule has 0 radical (unpaired) electrons. The highest BCUT2D eigenvalue weighted by molar-refractivity contribution is 7.86. The van der Waals surface area contributed by atoms with Crippen molar-refractivity contribution in [2.24, 2.45) is 16.5 Å². The number of amides is 1. The molecule has 1 aliphatic heterocycles. The van der Waals surface area contributed by atoms with E-state index in [1.807, 2.05) is 12.1 Å². The molecule has 1 spiro atoms. The standard InChI is InChI=1S/C15H21N3O4S/c1-22-13-5-3-2-4-12(13)17-14(19)11-10-15(11)6-8-18(9-7-15)23(16,20)21/h2-5,11H,6-10H2,1H3,(H,17,19)(H2,16,20,21). The lowest BCUT2D eigenvalue weighted by Gasteiger charge is -2.30. The highest BCUT2D eigenvalue weighted by atomic mass is 32.2. The first-order chi connectivity index (χ1) is 10.9. The molecule has 0 aromatic heterocycles. The fourth-order valence-electron chi connectivity index (χ4n) is 3.42. The van der Waals surface area contributed by atoms with E-state index >= 15 is 0 Å². The molecule has 1 saturated heterocycles. The van der Waals surface area contributed by atoms with Crippen molar-refractivity contribution in [3.05, 3.63) is 24.3 Å². The number of hydrogen-bond donors (Lipinski definition) is 2. The SMILES string of the molecule is COc1ccccc1NC(=O)C1CC12CCN(S(N)(=O)=O)CC2. The Labute approximate surface area is 136 Å². The van der Waals surface area contributed by atoms with E-state index in [4.69, 9.17) is 9.88 Å². The van der Waals surface area contributed by atoms with Gasteiger partial charge in [-0.3, -0.25) is 4.79 Å². The van der Waals surface area contributed by atoms with Gasteiger partial charge in [0, 0.05) is 19.0 Å². The molecule has 1 heterocycles. The second-order valence-corrected chi connectivity index (χ2v) is 7.80. The predicted molar refractivity (Wildman–Crippen MR) is 86.1 cm³/mol. The van der Waals surface area contributed by atoms with E-state index in [9.17, 15) is 13.2 Å². The third-order valence-electron chi connectivity index (χ3n) is 4.95. The van der Waals surface area contributed by atoms with E-state index in [0.29, 0.717) is 37.4 Å². The van der Waals surface area contributed by atoms with Crippen LogP contribution in [0.3, 0.4) is 0 Å². The molecule has 7 nitrogen and oxygen atoms in total. The molecule has 3 N–H and O–H groups in total. The van der Waals surface area contributed by atoms with E-state index in [2.05, 4.69) is 5.32 Å². The molecule has 1 amide bonds. The lowest BCUT2D eigenvalue weighted by Crippen LogP contribution is -2.43. The number of rotatable bonds is 4. The number of ether oxygens (including phenoxy) is 1. The first-order valence-electron chi connectivity index (χ1n) is 7.57. The van der Waals surface area contributed by atoms with Crippen LogP contribution in [-0.4, -0.2) is 38.8 Å². The molecule has 1 aliphatic carbocycles. The average Bonchev–Trinajstić information content (AvgIpc) is 3.21. The molecule has 8 heteroatoms. The van der Waals surface area contributed by atoms with Crippen LogP contribution in [0.1, 0.15) is 19.3 Å². The molecule has 1 atom stereocenters. The summed E-state index contributed by atoms with van der Waals surface area (Å²) in [6.07, 6.45) is 2.15. The second kappa shape index (κ2) is 5.77. The maximum Gasteiger partial charge on any atom is 0.276 e. The minimum absolute atomic E-state index is 0.0291. The van der Waals surface area contributed by atoms with Gasteiger partial charge in [-0.25, -0.2) is 5.14 Å². The molecular weight excluding hydrogens is 318 g/mol. The van der Waals surface area contributed by atoms with Crippen LogP contribution < -0.4 is 15.2 Å². The van der Waals surface area contributed by atoms with Gasteiger partial charge in [0.05, 0.1) is 12.8 Å². The van der Waals surface area contributed by atoms with Crippen LogP contribution in [0.4, 0.5) is 5.69 Å². The molecule has 23 heavy (non-hydrogen) atoms. The van der Waals surface area contributed by atoms with Gasteiger partial charge in [-0.2, -0.15) is 12.7 Å². The van der Waals surface area contributed by atoms with Crippen molar-refractivity contribution in [2.75, 3.05) is 25.5 Å². The predicted octanol–water partition coefficient (Wildman–Crippen LogP) is 0.939. The number of nitrogens with two attached hydrogens (primary N) is 1. The van der Waals surface area contributed by atoms with Gasteiger partial charge < -0.3 is 10.1 Å². The van der Waals surface area contributed by atoms with E-state index in [1.54, 1.807) is 19.2 Å². The largest absolute Gasteiger partial charge is 0.495 e. The number of nitrogens with zero attached hydrogens (tertiary/aromatic N) is 1. The van der Waals surface area contributed by atoms with Crippen molar-refractivity contribution in [3.8, 4) is 5.75 Å². The Hall–Kier alpha value is -1.64. The Bertz CT molecular complexity index is 711. The third kappa shape index (κ3) is 3.19. The Morgan fingerprint density at radius 2 is 2.00 bits per heavy atom. The fraction of sp³-hybridized carbons (Fsp3) is 0.533. The maximum absolute atomic E-state index is 12.5. The van der Waals surface area contributed by atoms with Crippen molar-refractivity contribution in [2.45, 2.75) is 19.3 Å². The minimum Gasteiger partial charge on any atom is -0.495 e. The zero-order chi connectivity index (χ0) is 16.7. The number of carbonyl (C=O) groups excluding carboxylic acids is 1. The maximum atomic E-state index is 12.5. The minimum atomic E-state index is -3.63. The van der Waals surface area contributed by atoms with E-state index in [0.717, 1.165) is 6.42 Å². The molecule has 2 fully saturated rings. The van der Waals surface area contributed by atoms with Crippen LogP contribution in [0.15, 0.2) is 24.3 Å². The number of carbonyl (C=O) groups is 1. The lowest BCUT2D eigenvalue weighted by molar-refractivity contribution is -0.118. The van der Waals surface area contributed by atoms with E-state index in [-0.39, 0.29) is 17.2 Å². The van der Waals surface area contributed by atoms with Gasteiger partial charge in [-0.05, 0) is 36.8 Å². The van der Waals surface area contributed by atoms with Gasteiger partial charge in [-0.15, -0.1) is 0 Å². The summed E-state index contributed by atoms with van der Waals surface area (Å²) in [5.41, 5.74) is 0.580. The van der Waals surface area contributed by atoms with Crippen LogP contribution in [0.25, 0.3) is 0 Å². The number of anilines is 1. The Balaban J connectivity index is 1.61. The molecule has 1 unspecified atom stereocenters. The highest BCUT2D eigenvalue weighted by Crippen LogP contribution is 2.59. The molecule has 1 aromatic carbocycles. The van der Waals surface area contributed by atoms with E-state index < -0.39 is 10.2 Å². The van der Waals surface area contributed by atoms with Gasteiger partial charge in [0.25, 0.3) is 10.2 Å². The number of para-hydroxylation sites is 2. The lowest BCUT2D eigenvalue weighted by atomic mass is 9.91. The average molecular weight is 339 g/mol. The summed E-state index contributed by atoms with van der Waals surface area (Å²) in [6.45, 7) is 0.772. The Morgan fingerprint density at radius 1 is 1.35 bits per heavy atom. The van der Waals surface area contributed by atoms with Gasteiger partial charge in [0.2, 0.25) is 5.91 Å². The van der Waals surface area contributed by atoms with Gasteiger partial charge in [0.1, 0.15) is 5.75 Å². The van der Waals surface area contributed by atoms with Crippen LogP contribution in [0.2, 0.25) is 0 Å². The smallest absolute Gasteiger partial charge is 0.276 e. The van der Waals surface area contributed by atoms with Gasteiger partial charge in [-0.1, -0.05) is 12.1 Å². The second-order valence-electron chi connectivity index (χ2n) is 6.25. The summed E-state index contributed by atoms with van der Waals surface area (Å²) in [6, 6.07) is 7.28. The monoisotopic (exact) mass is 339 g/mol. The van der Waals surface area contributed by atoms with Crippen LogP contribution in [-0.2, 0) is 15.0 Å². The van der Waals surface area contributed by atoms with Crippen molar-refractivity contribution >= 4 is 21.8 Å². The highest BCUT2D eigenvalue weighted by Gasteiger charge is 2.59. The summed E-state index contributed by atoms with van der Waals surface area (Å²) >= 11 is 0. The van der Waals surface area contributed by atoms with Crippen LogP contribution in [0, 0.1) is 11.3 Å². The zero-order valence-corrected chi connectivity index (χ0v) is 13.8. The molecule has 1 aromatic rings. The Morgan fingerprint density at radius 3 is 2.61 bits per heavy atom. The summed E-state index contributed by atoms with van der Waals surface area (Å²) in [7, 11) is -2.07. The Kier molecular flexibility index (Phi) is 4.07. The first kappa shape index (κ1) is 16.2. The van der Waals surface area contributed by atoms with Crippen molar-refractivity contribution in [1.29, 1.82) is 0 Å². The van der Waals surface area contributed by atoms with Crippen molar-refractivity contribution in [1.82, 2.24) is 4.31 Å². The third-order valence-corrected chi connectivity index (χ3v) is 6.03. The van der Waals surface area contributed by atoms with Gasteiger partial charge >= 0.3 is 0 Å². The fourth-order valence-corrected chi connectivity index (χ4v) is 4.12. The zero-order valence-electron chi connectivity index (χ0n) is 13.0. The molecule has 0 bridgehead atoms. The van der Waals surface area contributed by atoms with Gasteiger partial charge in [0.15, 0.2) is 0 Å². The van der Waals surface area contributed by atoms with Crippen molar-refractivity contribution < 1.29 is 17.9 Å². The molecule has 2 aliphatic rings.